The van der Waals surface area contributed by atoms with E-state index in [1.54, 1.807) is 13.0 Å². The van der Waals surface area contributed by atoms with Crippen molar-refractivity contribution in [3.05, 3.63) is 83.9 Å². The lowest BCUT2D eigenvalue weighted by molar-refractivity contribution is -0.118. The zero-order valence-corrected chi connectivity index (χ0v) is 16.7. The van der Waals surface area contributed by atoms with E-state index in [9.17, 15) is 22.0 Å². The fourth-order valence-corrected chi connectivity index (χ4v) is 3.95. The van der Waals surface area contributed by atoms with E-state index in [-0.39, 0.29) is 22.0 Å². The van der Waals surface area contributed by atoms with Gasteiger partial charge in [0, 0.05) is 5.69 Å². The van der Waals surface area contributed by atoms with Gasteiger partial charge in [0.25, 0.3) is 15.9 Å². The second kappa shape index (κ2) is 8.91. The van der Waals surface area contributed by atoms with Crippen molar-refractivity contribution in [2.75, 3.05) is 16.6 Å². The van der Waals surface area contributed by atoms with Crippen LogP contribution in [0, 0.1) is 18.6 Å². The second-order valence-corrected chi connectivity index (χ2v) is 7.98. The summed E-state index contributed by atoms with van der Waals surface area (Å²) < 4.78 is 60.1. The molecule has 0 aromatic heterocycles. The van der Waals surface area contributed by atoms with Crippen LogP contribution in [0.2, 0.25) is 0 Å². The number of benzene rings is 3. The highest BCUT2D eigenvalue weighted by molar-refractivity contribution is 7.92. The molecular formula is C21H18F2N2O4S. The molecule has 0 aliphatic rings. The van der Waals surface area contributed by atoms with Crippen molar-refractivity contribution in [2.45, 2.75) is 11.8 Å². The van der Waals surface area contributed by atoms with Gasteiger partial charge < -0.3 is 10.1 Å². The van der Waals surface area contributed by atoms with Gasteiger partial charge in [0.05, 0.1) is 10.6 Å². The Morgan fingerprint density at radius 3 is 2.33 bits per heavy atom. The Morgan fingerprint density at radius 2 is 1.63 bits per heavy atom. The minimum absolute atomic E-state index is 0.0751. The number of ether oxygens (including phenoxy) is 1. The molecule has 3 aromatic rings. The lowest BCUT2D eigenvalue weighted by atomic mass is 10.2. The van der Waals surface area contributed by atoms with Crippen LogP contribution in [0.5, 0.6) is 5.75 Å². The number of para-hydroxylation sites is 2. The molecular weight excluding hydrogens is 414 g/mol. The van der Waals surface area contributed by atoms with Crippen LogP contribution in [0.1, 0.15) is 5.56 Å². The van der Waals surface area contributed by atoms with E-state index >= 15 is 0 Å². The number of halogens is 2. The van der Waals surface area contributed by atoms with Crippen LogP contribution in [0.25, 0.3) is 0 Å². The highest BCUT2D eigenvalue weighted by Crippen LogP contribution is 2.24. The van der Waals surface area contributed by atoms with E-state index < -0.39 is 34.2 Å². The number of nitrogens with one attached hydrogen (secondary N) is 2. The lowest BCUT2D eigenvalue weighted by Gasteiger charge is -2.13. The second-order valence-electron chi connectivity index (χ2n) is 6.33. The average Bonchev–Trinajstić information content (AvgIpc) is 2.70. The van der Waals surface area contributed by atoms with E-state index in [1.807, 2.05) is 0 Å². The van der Waals surface area contributed by atoms with Gasteiger partial charge in [-0.2, -0.15) is 0 Å². The molecule has 3 aromatic carbocycles. The Kier molecular flexibility index (Phi) is 6.31. The molecule has 0 unspecified atom stereocenters. The third-order valence-corrected chi connectivity index (χ3v) is 5.58. The smallest absolute Gasteiger partial charge is 0.262 e. The molecule has 156 valence electrons. The average molecular weight is 432 g/mol. The number of hydrogen-bond acceptors (Lipinski definition) is 4. The molecule has 0 spiro atoms. The number of hydrogen-bond donors (Lipinski definition) is 2. The van der Waals surface area contributed by atoms with Gasteiger partial charge in [-0.25, -0.2) is 17.2 Å². The molecule has 1 amide bonds. The van der Waals surface area contributed by atoms with Crippen molar-refractivity contribution in [2.24, 2.45) is 0 Å². The standard InChI is InChI=1S/C21H18F2N2O4S/c1-14-10-11-15(24-21(26)13-29-19-9-5-3-7-17(19)23)12-20(14)30(27,28)25-18-8-4-2-6-16(18)22/h2-12,25H,13H2,1H3,(H,24,26). The van der Waals surface area contributed by atoms with Gasteiger partial charge in [-0.1, -0.05) is 30.3 Å². The SMILES string of the molecule is Cc1ccc(NC(=O)COc2ccccc2F)cc1S(=O)(=O)Nc1ccccc1F. The summed E-state index contributed by atoms with van der Waals surface area (Å²) in [5.74, 6) is -2.00. The van der Waals surface area contributed by atoms with Gasteiger partial charge in [-0.3, -0.25) is 9.52 Å². The first-order valence-electron chi connectivity index (χ1n) is 8.81. The molecule has 9 heteroatoms. The minimum atomic E-state index is -4.11. The van der Waals surface area contributed by atoms with Crippen LogP contribution in [-0.4, -0.2) is 20.9 Å². The van der Waals surface area contributed by atoms with Gasteiger partial charge in [0.1, 0.15) is 5.82 Å². The lowest BCUT2D eigenvalue weighted by Crippen LogP contribution is -2.21. The first kappa shape index (κ1) is 21.3. The Morgan fingerprint density at radius 1 is 0.967 bits per heavy atom. The Hall–Kier alpha value is -3.46. The first-order chi connectivity index (χ1) is 14.3. The Bertz CT molecular complexity index is 1180. The van der Waals surface area contributed by atoms with Crippen LogP contribution < -0.4 is 14.8 Å². The van der Waals surface area contributed by atoms with Crippen molar-refractivity contribution >= 4 is 27.3 Å². The predicted octanol–water partition coefficient (Wildman–Crippen LogP) is 4.09. The fraction of sp³-hybridized carbons (Fsp3) is 0.0952. The summed E-state index contributed by atoms with van der Waals surface area (Å²) in [7, 11) is -4.11. The molecule has 0 bridgehead atoms. The summed E-state index contributed by atoms with van der Waals surface area (Å²) in [6, 6.07) is 15.3. The zero-order chi connectivity index (χ0) is 21.7. The molecule has 2 N–H and O–H groups in total. The maximum atomic E-state index is 13.8. The highest BCUT2D eigenvalue weighted by atomic mass is 32.2. The third kappa shape index (κ3) is 5.12. The van der Waals surface area contributed by atoms with Gasteiger partial charge in [0.2, 0.25) is 0 Å². The predicted molar refractivity (Wildman–Crippen MR) is 109 cm³/mol. The molecule has 0 fully saturated rings. The Balaban J connectivity index is 1.73. The largest absolute Gasteiger partial charge is 0.481 e. The molecule has 3 rings (SSSR count). The van der Waals surface area contributed by atoms with Crippen LogP contribution in [0.3, 0.4) is 0 Å². The molecule has 0 radical (unpaired) electrons. The number of sulfonamides is 1. The number of amides is 1. The molecule has 0 aliphatic carbocycles. The van der Waals surface area contributed by atoms with Gasteiger partial charge in [-0.15, -0.1) is 0 Å². The molecule has 0 saturated heterocycles. The summed E-state index contributed by atoms with van der Waals surface area (Å²) in [4.78, 5) is 12.0. The van der Waals surface area contributed by atoms with Crippen molar-refractivity contribution in [1.29, 1.82) is 0 Å². The zero-order valence-electron chi connectivity index (χ0n) is 15.9. The molecule has 0 heterocycles. The summed E-state index contributed by atoms with van der Waals surface area (Å²) in [5, 5.41) is 2.49. The molecule has 6 nitrogen and oxygen atoms in total. The van der Waals surface area contributed by atoms with Crippen molar-refractivity contribution in [3.63, 3.8) is 0 Å². The third-order valence-electron chi connectivity index (χ3n) is 4.08. The van der Waals surface area contributed by atoms with E-state index in [0.717, 1.165) is 6.07 Å². The quantitative estimate of drug-likeness (QED) is 0.589. The Labute approximate surface area is 172 Å². The monoisotopic (exact) mass is 432 g/mol. The number of rotatable bonds is 7. The van der Waals surface area contributed by atoms with Gasteiger partial charge >= 0.3 is 0 Å². The molecule has 0 aliphatic heterocycles. The summed E-state index contributed by atoms with van der Waals surface area (Å²) in [6.07, 6.45) is 0. The van der Waals surface area contributed by atoms with Crippen LogP contribution in [0.4, 0.5) is 20.2 Å². The summed E-state index contributed by atoms with van der Waals surface area (Å²) >= 11 is 0. The van der Waals surface area contributed by atoms with Crippen LogP contribution in [0.15, 0.2) is 71.6 Å². The molecule has 30 heavy (non-hydrogen) atoms. The van der Waals surface area contributed by atoms with E-state index in [2.05, 4.69) is 10.0 Å². The summed E-state index contributed by atoms with van der Waals surface area (Å²) in [6.45, 7) is 1.10. The van der Waals surface area contributed by atoms with Crippen molar-refractivity contribution in [1.82, 2.24) is 0 Å². The number of carbonyl (C=O) groups is 1. The fourth-order valence-electron chi connectivity index (χ4n) is 2.61. The molecule has 0 atom stereocenters. The van der Waals surface area contributed by atoms with Crippen molar-refractivity contribution < 1.29 is 26.7 Å². The summed E-state index contributed by atoms with van der Waals surface area (Å²) in [5.41, 5.74) is 0.403. The normalized spacial score (nSPS) is 11.0. The minimum Gasteiger partial charge on any atom is -0.481 e. The van der Waals surface area contributed by atoms with E-state index in [0.29, 0.717) is 5.56 Å². The van der Waals surface area contributed by atoms with E-state index in [1.165, 1.54) is 54.6 Å². The number of aryl methyl sites for hydroxylation is 1. The first-order valence-corrected chi connectivity index (χ1v) is 10.3. The highest BCUT2D eigenvalue weighted by Gasteiger charge is 2.19. The van der Waals surface area contributed by atoms with Crippen LogP contribution in [-0.2, 0) is 14.8 Å². The molecule has 0 saturated carbocycles. The topological polar surface area (TPSA) is 84.5 Å². The number of carbonyl (C=O) groups excluding carboxylic acids is 1. The van der Waals surface area contributed by atoms with Crippen molar-refractivity contribution in [3.8, 4) is 5.75 Å². The van der Waals surface area contributed by atoms with Gasteiger partial charge in [-0.05, 0) is 48.9 Å². The van der Waals surface area contributed by atoms with Crippen LogP contribution >= 0.6 is 0 Å². The maximum Gasteiger partial charge on any atom is 0.262 e. The van der Waals surface area contributed by atoms with Gasteiger partial charge in [0.15, 0.2) is 18.2 Å². The number of anilines is 2. The maximum absolute atomic E-state index is 13.8. The van der Waals surface area contributed by atoms with E-state index in [4.69, 9.17) is 4.74 Å².